The van der Waals surface area contributed by atoms with Gasteiger partial charge in [-0.25, -0.2) is 9.97 Å². The van der Waals surface area contributed by atoms with Crippen LogP contribution in [0.3, 0.4) is 0 Å². The van der Waals surface area contributed by atoms with Gasteiger partial charge in [0.25, 0.3) is 0 Å². The molecule has 0 aliphatic rings. The highest BCUT2D eigenvalue weighted by Crippen LogP contribution is 2.13. The zero-order valence-corrected chi connectivity index (χ0v) is 7.08. The lowest BCUT2D eigenvalue weighted by atomic mass is 10.7. The molecular formula is C4H4Cl3N3. The van der Waals surface area contributed by atoms with Gasteiger partial charge < -0.3 is 6.15 Å². The fourth-order valence-electron chi connectivity index (χ4n) is 0.364. The number of hydrogen-bond acceptors (Lipinski definition) is 3. The summed E-state index contributed by atoms with van der Waals surface area (Å²) in [4.78, 5) is 7.14. The van der Waals surface area contributed by atoms with Crippen molar-refractivity contribution in [3.05, 3.63) is 21.7 Å². The molecule has 0 saturated carbocycles. The SMILES string of the molecule is Clc1cc(Cl)nc(Cl)n1.N. The summed E-state index contributed by atoms with van der Waals surface area (Å²) in [5.41, 5.74) is 0. The Labute approximate surface area is 72.9 Å². The van der Waals surface area contributed by atoms with Gasteiger partial charge in [-0.05, 0) is 11.6 Å². The van der Waals surface area contributed by atoms with Crippen molar-refractivity contribution in [3.8, 4) is 0 Å². The van der Waals surface area contributed by atoms with Gasteiger partial charge >= 0.3 is 0 Å². The van der Waals surface area contributed by atoms with Crippen molar-refractivity contribution in [1.29, 1.82) is 0 Å². The largest absolute Gasteiger partial charge is 0.344 e. The van der Waals surface area contributed by atoms with E-state index in [1.54, 1.807) is 0 Å². The van der Waals surface area contributed by atoms with E-state index in [1.807, 2.05) is 0 Å². The van der Waals surface area contributed by atoms with Gasteiger partial charge in [-0.3, -0.25) is 0 Å². The summed E-state index contributed by atoms with van der Waals surface area (Å²) in [7, 11) is 0. The zero-order chi connectivity index (χ0) is 6.85. The van der Waals surface area contributed by atoms with E-state index in [2.05, 4.69) is 9.97 Å². The molecule has 56 valence electrons. The first-order chi connectivity index (χ1) is 4.18. The van der Waals surface area contributed by atoms with Gasteiger partial charge in [0, 0.05) is 6.07 Å². The summed E-state index contributed by atoms with van der Waals surface area (Å²) in [6, 6.07) is 1.41. The number of aromatic nitrogens is 2. The summed E-state index contributed by atoms with van der Waals surface area (Å²) in [5.74, 6) is 0. The molecule has 3 nitrogen and oxygen atoms in total. The molecular weight excluding hydrogens is 196 g/mol. The first-order valence-electron chi connectivity index (χ1n) is 2.04. The third-order valence-corrected chi connectivity index (χ3v) is 1.19. The molecule has 1 aromatic rings. The maximum atomic E-state index is 5.43. The van der Waals surface area contributed by atoms with Crippen LogP contribution in [-0.4, -0.2) is 9.97 Å². The predicted molar refractivity (Wildman–Crippen MR) is 42.1 cm³/mol. The Morgan fingerprint density at radius 1 is 1.00 bits per heavy atom. The lowest BCUT2D eigenvalue weighted by Gasteiger charge is -1.89. The molecule has 0 atom stereocenters. The summed E-state index contributed by atoms with van der Waals surface area (Å²) in [5, 5.41) is 0.563. The third kappa shape index (κ3) is 2.66. The molecule has 6 heteroatoms. The van der Waals surface area contributed by atoms with Gasteiger partial charge in [-0.1, -0.05) is 23.2 Å². The minimum absolute atomic E-state index is 0. The Kier molecular flexibility index (Phi) is 3.89. The molecule has 0 amide bonds. The molecule has 0 unspecified atom stereocenters. The Morgan fingerprint density at radius 2 is 1.40 bits per heavy atom. The highest BCUT2D eigenvalue weighted by molar-refractivity contribution is 6.35. The molecule has 0 spiro atoms. The van der Waals surface area contributed by atoms with Crippen molar-refractivity contribution in [2.24, 2.45) is 0 Å². The van der Waals surface area contributed by atoms with Gasteiger partial charge in [0.15, 0.2) is 0 Å². The van der Waals surface area contributed by atoms with E-state index in [-0.39, 0.29) is 21.7 Å². The second kappa shape index (κ2) is 3.93. The summed E-state index contributed by atoms with van der Waals surface area (Å²) >= 11 is 16.2. The lowest BCUT2D eigenvalue weighted by Crippen LogP contribution is -1.81. The monoisotopic (exact) mass is 199 g/mol. The van der Waals surface area contributed by atoms with Gasteiger partial charge in [0.05, 0.1) is 0 Å². The normalized spacial score (nSPS) is 8.70. The van der Waals surface area contributed by atoms with E-state index < -0.39 is 0 Å². The Hall–Kier alpha value is -0.0900. The Morgan fingerprint density at radius 3 is 1.70 bits per heavy atom. The van der Waals surface area contributed by atoms with Crippen LogP contribution in [0.1, 0.15) is 0 Å². The molecule has 1 rings (SSSR count). The standard InChI is InChI=1S/C4HCl3N2.H3N/c5-2-1-3(6)9-4(7)8-2;/h1H;1H3. The Balaban J connectivity index is 0.000000810. The number of hydrogen-bond donors (Lipinski definition) is 1. The lowest BCUT2D eigenvalue weighted by molar-refractivity contribution is 1.17. The summed E-state index contributed by atoms with van der Waals surface area (Å²) < 4.78 is 0. The van der Waals surface area contributed by atoms with Crippen LogP contribution in [0.4, 0.5) is 0 Å². The second-order valence-electron chi connectivity index (χ2n) is 1.28. The van der Waals surface area contributed by atoms with Crippen LogP contribution in [0.2, 0.25) is 15.6 Å². The Bertz CT molecular complexity index is 177. The van der Waals surface area contributed by atoms with Crippen LogP contribution >= 0.6 is 34.8 Å². The highest BCUT2D eigenvalue weighted by atomic mass is 35.5. The number of halogens is 3. The molecule has 0 aromatic carbocycles. The van der Waals surface area contributed by atoms with Gasteiger partial charge in [0.2, 0.25) is 5.28 Å². The quantitative estimate of drug-likeness (QED) is 0.517. The number of rotatable bonds is 0. The maximum Gasteiger partial charge on any atom is 0.225 e. The second-order valence-corrected chi connectivity index (χ2v) is 2.39. The molecule has 0 bridgehead atoms. The van der Waals surface area contributed by atoms with Gasteiger partial charge in [-0.2, -0.15) is 0 Å². The van der Waals surface area contributed by atoms with Gasteiger partial charge in [0.1, 0.15) is 10.3 Å². The molecule has 0 fully saturated rings. The highest BCUT2D eigenvalue weighted by Gasteiger charge is 1.95. The first-order valence-corrected chi connectivity index (χ1v) is 3.17. The van der Waals surface area contributed by atoms with E-state index in [1.165, 1.54) is 6.07 Å². The van der Waals surface area contributed by atoms with Crippen LogP contribution in [0, 0.1) is 0 Å². The molecule has 1 aromatic heterocycles. The summed E-state index contributed by atoms with van der Waals surface area (Å²) in [6.45, 7) is 0. The minimum Gasteiger partial charge on any atom is -0.344 e. The minimum atomic E-state index is 0. The van der Waals surface area contributed by atoms with Crippen molar-refractivity contribution in [3.63, 3.8) is 0 Å². The smallest absolute Gasteiger partial charge is 0.225 e. The topological polar surface area (TPSA) is 60.8 Å². The average Bonchev–Trinajstić information content (AvgIpc) is 1.59. The maximum absolute atomic E-state index is 5.43. The van der Waals surface area contributed by atoms with E-state index in [4.69, 9.17) is 34.8 Å². The van der Waals surface area contributed by atoms with Crippen LogP contribution in [0.25, 0.3) is 0 Å². The molecule has 0 saturated heterocycles. The molecule has 0 aliphatic heterocycles. The molecule has 0 aliphatic carbocycles. The van der Waals surface area contributed by atoms with Crippen molar-refractivity contribution in [2.45, 2.75) is 0 Å². The van der Waals surface area contributed by atoms with Crippen molar-refractivity contribution < 1.29 is 0 Å². The van der Waals surface area contributed by atoms with E-state index >= 15 is 0 Å². The van der Waals surface area contributed by atoms with E-state index in [9.17, 15) is 0 Å². The van der Waals surface area contributed by atoms with Crippen molar-refractivity contribution in [1.82, 2.24) is 16.1 Å². The van der Waals surface area contributed by atoms with Gasteiger partial charge in [-0.15, -0.1) is 0 Å². The fraction of sp³-hybridized carbons (Fsp3) is 0. The third-order valence-electron chi connectivity index (χ3n) is 0.636. The average molecular weight is 200 g/mol. The number of nitrogens with zero attached hydrogens (tertiary/aromatic N) is 2. The van der Waals surface area contributed by atoms with Crippen LogP contribution < -0.4 is 6.15 Å². The molecule has 0 radical (unpaired) electrons. The predicted octanol–water partition coefficient (Wildman–Crippen LogP) is 2.60. The van der Waals surface area contributed by atoms with E-state index in [0.717, 1.165) is 0 Å². The zero-order valence-electron chi connectivity index (χ0n) is 4.81. The van der Waals surface area contributed by atoms with Crippen LogP contribution in [0.15, 0.2) is 6.07 Å². The van der Waals surface area contributed by atoms with Crippen molar-refractivity contribution in [2.75, 3.05) is 0 Å². The summed E-state index contributed by atoms with van der Waals surface area (Å²) in [6.07, 6.45) is 0. The molecule has 3 N–H and O–H groups in total. The van der Waals surface area contributed by atoms with Crippen LogP contribution in [0.5, 0.6) is 0 Å². The molecule has 1 heterocycles. The first kappa shape index (κ1) is 9.91. The van der Waals surface area contributed by atoms with Crippen LogP contribution in [-0.2, 0) is 0 Å². The fourth-order valence-corrected chi connectivity index (χ4v) is 1.06. The van der Waals surface area contributed by atoms with Crippen molar-refractivity contribution >= 4 is 34.8 Å². The molecule has 10 heavy (non-hydrogen) atoms. The van der Waals surface area contributed by atoms with E-state index in [0.29, 0.717) is 0 Å².